The van der Waals surface area contributed by atoms with Crippen LogP contribution < -0.4 is 0 Å². The Bertz CT molecular complexity index is 658. The number of nitrogens with one attached hydrogen (secondary N) is 1. The lowest BCUT2D eigenvalue weighted by atomic mass is 10.0. The van der Waals surface area contributed by atoms with Gasteiger partial charge in [0.15, 0.2) is 0 Å². The fraction of sp³-hybridized carbons (Fsp3) is 0.333. The fourth-order valence-corrected chi connectivity index (χ4v) is 3.18. The molecule has 1 aliphatic heterocycles. The molecule has 1 saturated heterocycles. The first-order valence-corrected chi connectivity index (χ1v) is 7.69. The summed E-state index contributed by atoms with van der Waals surface area (Å²) in [5.41, 5.74) is 1.39. The molecule has 0 saturated carbocycles. The third-order valence-electron chi connectivity index (χ3n) is 3.81. The Kier molecular flexibility index (Phi) is 4.05. The van der Waals surface area contributed by atoms with Crippen molar-refractivity contribution in [3.63, 3.8) is 0 Å². The van der Waals surface area contributed by atoms with Gasteiger partial charge < -0.3 is 4.90 Å². The van der Waals surface area contributed by atoms with E-state index in [2.05, 4.69) is 26.1 Å². The standard InChI is InChI=1S/C15H15BrFN3O/c16-13-9-18-19-14(13)15(21)20-6-2-5-12(20)8-10-3-1-4-11(17)7-10/h1,3-4,7,9,12H,2,5-6,8H2,(H,18,19). The van der Waals surface area contributed by atoms with Crippen LogP contribution in [-0.2, 0) is 6.42 Å². The van der Waals surface area contributed by atoms with E-state index >= 15 is 0 Å². The number of aromatic nitrogens is 2. The van der Waals surface area contributed by atoms with Crippen LogP contribution in [0.25, 0.3) is 0 Å². The van der Waals surface area contributed by atoms with Crippen molar-refractivity contribution in [3.8, 4) is 0 Å². The van der Waals surface area contributed by atoms with Gasteiger partial charge in [-0.2, -0.15) is 5.10 Å². The summed E-state index contributed by atoms with van der Waals surface area (Å²) in [4.78, 5) is 14.4. The fourth-order valence-electron chi connectivity index (χ4n) is 2.82. The highest BCUT2D eigenvalue weighted by molar-refractivity contribution is 9.10. The van der Waals surface area contributed by atoms with Crippen LogP contribution in [0.4, 0.5) is 4.39 Å². The summed E-state index contributed by atoms with van der Waals surface area (Å²) in [5.74, 6) is -0.294. The molecule has 2 heterocycles. The molecule has 0 bridgehead atoms. The molecule has 2 aromatic rings. The highest BCUT2D eigenvalue weighted by atomic mass is 79.9. The third-order valence-corrected chi connectivity index (χ3v) is 4.41. The number of benzene rings is 1. The van der Waals surface area contributed by atoms with Gasteiger partial charge in [0.05, 0.1) is 10.7 Å². The molecule has 4 nitrogen and oxygen atoms in total. The lowest BCUT2D eigenvalue weighted by Crippen LogP contribution is -2.37. The first-order valence-electron chi connectivity index (χ1n) is 6.89. The summed E-state index contributed by atoms with van der Waals surface area (Å²) in [6.07, 6.45) is 4.16. The highest BCUT2D eigenvalue weighted by Gasteiger charge is 2.31. The van der Waals surface area contributed by atoms with Crippen LogP contribution in [0.5, 0.6) is 0 Å². The summed E-state index contributed by atoms with van der Waals surface area (Å²) < 4.78 is 13.9. The molecular weight excluding hydrogens is 337 g/mol. The Balaban J connectivity index is 1.77. The average molecular weight is 352 g/mol. The SMILES string of the molecule is O=C(c1[nH]ncc1Br)N1CCCC1Cc1cccc(F)c1. The largest absolute Gasteiger partial charge is 0.334 e. The van der Waals surface area contributed by atoms with Crippen molar-refractivity contribution in [2.45, 2.75) is 25.3 Å². The number of nitrogens with zero attached hydrogens (tertiary/aromatic N) is 2. The second-order valence-electron chi connectivity index (χ2n) is 5.22. The molecule has 1 aliphatic rings. The maximum atomic E-state index is 13.3. The number of halogens is 2. The maximum Gasteiger partial charge on any atom is 0.273 e. The zero-order valence-corrected chi connectivity index (χ0v) is 12.9. The first kappa shape index (κ1) is 14.3. The molecule has 6 heteroatoms. The molecule has 3 rings (SSSR count). The van der Waals surface area contributed by atoms with E-state index in [9.17, 15) is 9.18 Å². The minimum atomic E-state index is -0.236. The number of rotatable bonds is 3. The maximum absolute atomic E-state index is 13.3. The zero-order valence-electron chi connectivity index (χ0n) is 11.4. The zero-order chi connectivity index (χ0) is 14.8. The van der Waals surface area contributed by atoms with Crippen LogP contribution in [0.2, 0.25) is 0 Å². The van der Waals surface area contributed by atoms with Crippen molar-refractivity contribution in [2.24, 2.45) is 0 Å². The summed E-state index contributed by atoms with van der Waals surface area (Å²) in [6, 6.07) is 6.68. The number of hydrogen-bond donors (Lipinski definition) is 1. The van der Waals surface area contributed by atoms with E-state index in [4.69, 9.17) is 0 Å². The molecule has 1 aromatic heterocycles. The number of amides is 1. The highest BCUT2D eigenvalue weighted by Crippen LogP contribution is 2.25. The van der Waals surface area contributed by atoms with E-state index in [0.29, 0.717) is 16.6 Å². The van der Waals surface area contributed by atoms with Gasteiger partial charge in [0.25, 0.3) is 5.91 Å². The van der Waals surface area contributed by atoms with E-state index < -0.39 is 0 Å². The summed E-state index contributed by atoms with van der Waals surface area (Å²) in [5, 5.41) is 6.59. The molecule has 1 unspecified atom stereocenters. The topological polar surface area (TPSA) is 49.0 Å². The molecule has 1 aromatic carbocycles. The summed E-state index contributed by atoms with van der Waals surface area (Å²) in [7, 11) is 0. The quantitative estimate of drug-likeness (QED) is 0.923. The second kappa shape index (κ2) is 5.97. The van der Waals surface area contributed by atoms with Crippen LogP contribution in [0.3, 0.4) is 0 Å². The minimum Gasteiger partial charge on any atom is -0.334 e. The van der Waals surface area contributed by atoms with Gasteiger partial charge in [0.1, 0.15) is 11.5 Å². The molecule has 0 spiro atoms. The lowest BCUT2D eigenvalue weighted by molar-refractivity contribution is 0.0729. The smallest absolute Gasteiger partial charge is 0.273 e. The molecule has 0 radical (unpaired) electrons. The van der Waals surface area contributed by atoms with Crippen LogP contribution >= 0.6 is 15.9 Å². The predicted molar refractivity (Wildman–Crippen MR) is 80.5 cm³/mol. The summed E-state index contributed by atoms with van der Waals surface area (Å²) in [6.45, 7) is 0.726. The number of carbonyl (C=O) groups is 1. The van der Waals surface area contributed by atoms with Gasteiger partial charge in [-0.05, 0) is 52.9 Å². The Morgan fingerprint density at radius 2 is 2.38 bits per heavy atom. The van der Waals surface area contributed by atoms with E-state index in [1.807, 2.05) is 11.0 Å². The second-order valence-corrected chi connectivity index (χ2v) is 6.08. The molecule has 1 N–H and O–H groups in total. The van der Waals surface area contributed by atoms with E-state index in [1.54, 1.807) is 12.3 Å². The monoisotopic (exact) mass is 351 g/mol. The van der Waals surface area contributed by atoms with Gasteiger partial charge in [-0.3, -0.25) is 9.89 Å². The molecule has 110 valence electrons. The molecule has 1 amide bonds. The Labute approximate surface area is 130 Å². The van der Waals surface area contributed by atoms with Crippen molar-refractivity contribution in [2.75, 3.05) is 6.54 Å². The van der Waals surface area contributed by atoms with Crippen molar-refractivity contribution in [1.29, 1.82) is 0 Å². The van der Waals surface area contributed by atoms with Gasteiger partial charge in [-0.1, -0.05) is 12.1 Å². The Hall–Kier alpha value is -1.69. The molecule has 1 atom stereocenters. The van der Waals surface area contributed by atoms with Crippen molar-refractivity contribution in [3.05, 3.63) is 52.0 Å². The van der Waals surface area contributed by atoms with Gasteiger partial charge in [0, 0.05) is 12.6 Å². The van der Waals surface area contributed by atoms with E-state index in [1.165, 1.54) is 12.1 Å². The molecule has 0 aliphatic carbocycles. The lowest BCUT2D eigenvalue weighted by Gasteiger charge is -2.24. The summed E-state index contributed by atoms with van der Waals surface area (Å²) >= 11 is 3.32. The third kappa shape index (κ3) is 3.00. The van der Waals surface area contributed by atoms with E-state index in [-0.39, 0.29) is 17.8 Å². The van der Waals surface area contributed by atoms with Crippen molar-refractivity contribution >= 4 is 21.8 Å². The van der Waals surface area contributed by atoms with Crippen LogP contribution in [0.15, 0.2) is 34.9 Å². The van der Waals surface area contributed by atoms with E-state index in [0.717, 1.165) is 24.9 Å². The van der Waals surface area contributed by atoms with Crippen LogP contribution in [-0.4, -0.2) is 33.6 Å². The number of carbonyl (C=O) groups excluding carboxylic acids is 1. The molecule has 1 fully saturated rings. The minimum absolute atomic E-state index is 0.0571. The Morgan fingerprint density at radius 3 is 3.10 bits per heavy atom. The average Bonchev–Trinajstić information content (AvgIpc) is 3.07. The normalized spacial score (nSPS) is 18.2. The van der Waals surface area contributed by atoms with Crippen LogP contribution in [0.1, 0.15) is 28.9 Å². The van der Waals surface area contributed by atoms with Crippen molar-refractivity contribution in [1.82, 2.24) is 15.1 Å². The van der Waals surface area contributed by atoms with Gasteiger partial charge in [-0.15, -0.1) is 0 Å². The first-order chi connectivity index (χ1) is 10.1. The number of likely N-dealkylation sites (tertiary alicyclic amines) is 1. The molecular formula is C15H15BrFN3O. The Morgan fingerprint density at radius 1 is 1.52 bits per heavy atom. The molecule has 21 heavy (non-hydrogen) atoms. The number of aromatic amines is 1. The van der Waals surface area contributed by atoms with Gasteiger partial charge in [0.2, 0.25) is 0 Å². The predicted octanol–water partition coefficient (Wildman–Crippen LogP) is 3.16. The van der Waals surface area contributed by atoms with Gasteiger partial charge >= 0.3 is 0 Å². The number of hydrogen-bond acceptors (Lipinski definition) is 2. The van der Waals surface area contributed by atoms with Gasteiger partial charge in [-0.25, -0.2) is 4.39 Å². The van der Waals surface area contributed by atoms with Crippen molar-refractivity contribution < 1.29 is 9.18 Å². The number of H-pyrrole nitrogens is 1. The van der Waals surface area contributed by atoms with Crippen LogP contribution in [0, 0.1) is 5.82 Å².